The molecule has 112 valence electrons. The van der Waals surface area contributed by atoms with Gasteiger partial charge in [0.2, 0.25) is 5.89 Å². The molecule has 1 saturated carbocycles. The van der Waals surface area contributed by atoms with Gasteiger partial charge >= 0.3 is 0 Å². The van der Waals surface area contributed by atoms with E-state index >= 15 is 0 Å². The van der Waals surface area contributed by atoms with Crippen molar-refractivity contribution in [2.75, 3.05) is 5.75 Å². The molecule has 0 radical (unpaired) electrons. The fourth-order valence-electron chi connectivity index (χ4n) is 3.33. The molecule has 5 heteroatoms. The molecular weight excluding hydrogens is 270 g/mol. The number of hydrogen-bond acceptors (Lipinski definition) is 5. The summed E-state index contributed by atoms with van der Waals surface area (Å²) in [7, 11) is 0. The second-order valence-corrected chi connectivity index (χ2v) is 7.63. The van der Waals surface area contributed by atoms with E-state index in [1.165, 1.54) is 44.3 Å². The van der Waals surface area contributed by atoms with Crippen LogP contribution in [0.5, 0.6) is 0 Å². The molecule has 1 aliphatic carbocycles. The molecule has 1 saturated heterocycles. The average molecular weight is 295 g/mol. The van der Waals surface area contributed by atoms with Crippen LogP contribution in [0.4, 0.5) is 0 Å². The molecule has 20 heavy (non-hydrogen) atoms. The van der Waals surface area contributed by atoms with Crippen LogP contribution < -0.4 is 5.73 Å². The highest BCUT2D eigenvalue weighted by Crippen LogP contribution is 2.40. The normalized spacial score (nSPS) is 35.1. The zero-order chi connectivity index (χ0) is 14.0. The summed E-state index contributed by atoms with van der Waals surface area (Å²) in [5.41, 5.74) is 6.16. The van der Waals surface area contributed by atoms with Gasteiger partial charge in [0, 0.05) is 0 Å². The summed E-state index contributed by atoms with van der Waals surface area (Å²) in [5.74, 6) is 3.57. The number of thioether (sulfide) groups is 1. The Kier molecular flexibility index (Phi) is 4.36. The van der Waals surface area contributed by atoms with Gasteiger partial charge in [0.1, 0.15) is 0 Å². The second-order valence-electron chi connectivity index (χ2n) is 6.32. The summed E-state index contributed by atoms with van der Waals surface area (Å²) in [4.78, 5) is 4.66. The SMILES string of the molecule is CCC1CCC(N)(c2nc(C3CCCCS3)no2)CC1. The van der Waals surface area contributed by atoms with Gasteiger partial charge in [-0.3, -0.25) is 0 Å². The summed E-state index contributed by atoms with van der Waals surface area (Å²) in [6.07, 6.45) is 9.32. The Morgan fingerprint density at radius 3 is 2.75 bits per heavy atom. The van der Waals surface area contributed by atoms with Crippen LogP contribution >= 0.6 is 11.8 Å². The molecular formula is C15H25N3OS. The molecule has 2 aliphatic rings. The van der Waals surface area contributed by atoms with Crippen molar-refractivity contribution < 1.29 is 4.52 Å². The fourth-order valence-corrected chi connectivity index (χ4v) is 4.56. The van der Waals surface area contributed by atoms with Crippen LogP contribution in [-0.2, 0) is 5.54 Å². The first-order valence-corrected chi connectivity index (χ1v) is 9.01. The smallest absolute Gasteiger partial charge is 0.246 e. The van der Waals surface area contributed by atoms with Crippen LogP contribution in [0.1, 0.15) is 75.3 Å². The van der Waals surface area contributed by atoms with Gasteiger partial charge in [-0.15, -0.1) is 0 Å². The molecule has 0 bridgehead atoms. The highest BCUT2D eigenvalue weighted by Gasteiger charge is 2.38. The maximum atomic E-state index is 6.54. The third-order valence-corrected chi connectivity index (χ3v) is 6.28. The lowest BCUT2D eigenvalue weighted by Crippen LogP contribution is -2.40. The Hall–Kier alpha value is -0.550. The van der Waals surface area contributed by atoms with Crippen LogP contribution in [0.3, 0.4) is 0 Å². The van der Waals surface area contributed by atoms with E-state index in [0.717, 1.165) is 24.6 Å². The topological polar surface area (TPSA) is 64.9 Å². The Morgan fingerprint density at radius 2 is 2.10 bits per heavy atom. The highest BCUT2D eigenvalue weighted by molar-refractivity contribution is 7.99. The second kappa shape index (κ2) is 6.06. The maximum absolute atomic E-state index is 6.54. The molecule has 0 aromatic carbocycles. The van der Waals surface area contributed by atoms with E-state index in [2.05, 4.69) is 17.1 Å². The summed E-state index contributed by atoms with van der Waals surface area (Å²) in [6, 6.07) is 0. The van der Waals surface area contributed by atoms with Crippen molar-refractivity contribution in [3.63, 3.8) is 0 Å². The highest BCUT2D eigenvalue weighted by atomic mass is 32.2. The van der Waals surface area contributed by atoms with Crippen molar-refractivity contribution in [3.8, 4) is 0 Å². The van der Waals surface area contributed by atoms with Crippen molar-refractivity contribution in [1.29, 1.82) is 0 Å². The van der Waals surface area contributed by atoms with Gasteiger partial charge in [0.05, 0.1) is 10.8 Å². The lowest BCUT2D eigenvalue weighted by Gasteiger charge is -2.33. The zero-order valence-corrected chi connectivity index (χ0v) is 13.1. The minimum absolute atomic E-state index is 0.379. The minimum atomic E-state index is -0.379. The van der Waals surface area contributed by atoms with Crippen LogP contribution in [0, 0.1) is 5.92 Å². The molecule has 3 rings (SSSR count). The van der Waals surface area contributed by atoms with E-state index in [1.807, 2.05) is 11.8 Å². The molecule has 1 aromatic heterocycles. The third-order valence-electron chi connectivity index (χ3n) is 4.91. The number of rotatable bonds is 3. The largest absolute Gasteiger partial charge is 0.337 e. The van der Waals surface area contributed by atoms with Crippen molar-refractivity contribution in [3.05, 3.63) is 11.7 Å². The van der Waals surface area contributed by atoms with Crippen molar-refractivity contribution >= 4 is 11.8 Å². The van der Waals surface area contributed by atoms with Crippen LogP contribution in [0.15, 0.2) is 4.52 Å². The van der Waals surface area contributed by atoms with E-state index in [0.29, 0.717) is 11.1 Å². The fraction of sp³-hybridized carbons (Fsp3) is 0.867. The predicted octanol–water partition coefficient (Wildman–Crippen LogP) is 3.78. The zero-order valence-electron chi connectivity index (χ0n) is 12.3. The van der Waals surface area contributed by atoms with Gasteiger partial charge < -0.3 is 10.3 Å². The van der Waals surface area contributed by atoms with Crippen molar-refractivity contribution in [2.24, 2.45) is 11.7 Å². The molecule has 0 spiro atoms. The van der Waals surface area contributed by atoms with E-state index in [1.54, 1.807) is 0 Å². The van der Waals surface area contributed by atoms with E-state index in [4.69, 9.17) is 10.3 Å². The molecule has 1 unspecified atom stereocenters. The predicted molar refractivity (Wildman–Crippen MR) is 81.5 cm³/mol. The van der Waals surface area contributed by atoms with Gasteiger partial charge in [0.25, 0.3) is 0 Å². The molecule has 4 nitrogen and oxygen atoms in total. The first-order valence-electron chi connectivity index (χ1n) is 7.96. The van der Waals surface area contributed by atoms with E-state index in [9.17, 15) is 0 Å². The number of nitrogens with two attached hydrogens (primary N) is 1. The molecule has 1 aromatic rings. The first-order chi connectivity index (χ1) is 9.71. The van der Waals surface area contributed by atoms with Crippen LogP contribution in [0.25, 0.3) is 0 Å². The van der Waals surface area contributed by atoms with Gasteiger partial charge in [-0.25, -0.2) is 0 Å². The molecule has 2 fully saturated rings. The number of aromatic nitrogens is 2. The number of hydrogen-bond donors (Lipinski definition) is 1. The van der Waals surface area contributed by atoms with Crippen LogP contribution in [0.2, 0.25) is 0 Å². The maximum Gasteiger partial charge on any atom is 0.246 e. The minimum Gasteiger partial charge on any atom is -0.337 e. The molecule has 0 amide bonds. The Morgan fingerprint density at radius 1 is 1.30 bits per heavy atom. The summed E-state index contributed by atoms with van der Waals surface area (Å²) in [5, 5.41) is 4.63. The quantitative estimate of drug-likeness (QED) is 0.919. The first kappa shape index (κ1) is 14.4. The molecule has 2 N–H and O–H groups in total. The lowest BCUT2D eigenvalue weighted by molar-refractivity contribution is 0.181. The van der Waals surface area contributed by atoms with E-state index < -0.39 is 0 Å². The Bertz CT molecular complexity index is 434. The van der Waals surface area contributed by atoms with Crippen LogP contribution in [-0.4, -0.2) is 15.9 Å². The molecule has 2 heterocycles. The molecule has 1 atom stereocenters. The van der Waals surface area contributed by atoms with Crippen molar-refractivity contribution in [2.45, 2.75) is 69.1 Å². The summed E-state index contributed by atoms with van der Waals surface area (Å²) < 4.78 is 5.53. The van der Waals surface area contributed by atoms with Gasteiger partial charge in [-0.1, -0.05) is 24.9 Å². The average Bonchev–Trinajstić information content (AvgIpc) is 3.00. The van der Waals surface area contributed by atoms with Crippen molar-refractivity contribution in [1.82, 2.24) is 10.1 Å². The van der Waals surface area contributed by atoms with Gasteiger partial charge in [0.15, 0.2) is 5.82 Å². The standard InChI is InChI=1S/C15H25N3OS/c1-2-11-6-8-15(16,9-7-11)14-17-13(18-19-14)12-5-3-4-10-20-12/h11-12H,2-10,16H2,1H3. The third kappa shape index (κ3) is 2.89. The Balaban J connectivity index is 1.69. The van der Waals surface area contributed by atoms with E-state index in [-0.39, 0.29) is 5.54 Å². The lowest BCUT2D eigenvalue weighted by atomic mass is 9.76. The number of nitrogens with zero attached hydrogens (tertiary/aromatic N) is 2. The Labute approximate surface area is 125 Å². The van der Waals surface area contributed by atoms with Gasteiger partial charge in [-0.2, -0.15) is 16.7 Å². The monoisotopic (exact) mass is 295 g/mol. The summed E-state index contributed by atoms with van der Waals surface area (Å²) >= 11 is 1.95. The molecule has 1 aliphatic heterocycles. The summed E-state index contributed by atoms with van der Waals surface area (Å²) in [6.45, 7) is 2.26. The van der Waals surface area contributed by atoms with Gasteiger partial charge in [-0.05, 0) is 50.2 Å².